The average Bonchev–Trinajstić information content (AvgIpc) is 2.64. The molecule has 0 saturated heterocycles. The van der Waals surface area contributed by atoms with Crippen LogP contribution in [0.3, 0.4) is 0 Å². The lowest BCUT2D eigenvalue weighted by molar-refractivity contribution is 0.0689. The first-order chi connectivity index (χ1) is 14.5. The Labute approximate surface area is 181 Å². The van der Waals surface area contributed by atoms with Crippen molar-refractivity contribution in [3.05, 3.63) is 63.7 Å². The molecule has 0 unspecified atom stereocenters. The standard InChI is InChI=1S/C25H28O6/c1-14(6-5-8-25(3,4)30)7-9-31-16-12-18-22(20(27)13-16)24(29)21-17(23(18)28)10-15(2)11-19(21)26/h7,10-13,26-27,30H,5-6,8-9H2,1-4H3. The molecule has 0 spiro atoms. The fourth-order valence-corrected chi connectivity index (χ4v) is 3.74. The summed E-state index contributed by atoms with van der Waals surface area (Å²) in [7, 11) is 0. The van der Waals surface area contributed by atoms with Gasteiger partial charge in [-0.15, -0.1) is 0 Å². The summed E-state index contributed by atoms with van der Waals surface area (Å²) in [5.74, 6) is -1.39. The normalized spacial score (nSPS) is 13.8. The first-order valence-electron chi connectivity index (χ1n) is 10.3. The monoisotopic (exact) mass is 424 g/mol. The van der Waals surface area contributed by atoms with Gasteiger partial charge in [-0.25, -0.2) is 0 Å². The number of hydrogen-bond acceptors (Lipinski definition) is 6. The van der Waals surface area contributed by atoms with E-state index in [0.29, 0.717) is 12.0 Å². The van der Waals surface area contributed by atoms with E-state index in [2.05, 4.69) is 0 Å². The van der Waals surface area contributed by atoms with Crippen molar-refractivity contribution in [2.75, 3.05) is 6.61 Å². The van der Waals surface area contributed by atoms with Gasteiger partial charge in [-0.3, -0.25) is 9.59 Å². The molecule has 0 radical (unpaired) electrons. The van der Waals surface area contributed by atoms with Gasteiger partial charge in [0.15, 0.2) is 5.78 Å². The molecule has 0 aromatic heterocycles. The first-order valence-corrected chi connectivity index (χ1v) is 10.3. The van der Waals surface area contributed by atoms with Crippen molar-refractivity contribution in [1.82, 2.24) is 0 Å². The van der Waals surface area contributed by atoms with Gasteiger partial charge in [0.2, 0.25) is 5.78 Å². The molecule has 31 heavy (non-hydrogen) atoms. The second-order valence-corrected chi connectivity index (χ2v) is 8.76. The number of benzene rings is 2. The molecule has 2 aromatic carbocycles. The third-order valence-corrected chi connectivity index (χ3v) is 5.34. The number of ether oxygens (including phenoxy) is 1. The van der Waals surface area contributed by atoms with E-state index in [1.165, 1.54) is 18.2 Å². The zero-order chi connectivity index (χ0) is 22.9. The number of phenolic OH excluding ortho intramolecular Hbond substituents is 2. The molecule has 0 atom stereocenters. The Kier molecular flexibility index (Phi) is 6.23. The number of allylic oxidation sites excluding steroid dienone is 1. The predicted molar refractivity (Wildman–Crippen MR) is 117 cm³/mol. The molecule has 6 nitrogen and oxygen atoms in total. The van der Waals surface area contributed by atoms with Gasteiger partial charge in [-0.1, -0.05) is 5.57 Å². The van der Waals surface area contributed by atoms with Crippen molar-refractivity contribution < 1.29 is 29.6 Å². The number of fused-ring (bicyclic) bond motifs is 2. The van der Waals surface area contributed by atoms with E-state index in [4.69, 9.17) is 4.74 Å². The third kappa shape index (κ3) is 4.97. The number of carbonyl (C=O) groups excluding carboxylic acids is 2. The lowest BCUT2D eigenvalue weighted by Crippen LogP contribution is -2.21. The Bertz CT molecular complexity index is 1070. The number of aliphatic hydroxyl groups is 1. The summed E-state index contributed by atoms with van der Waals surface area (Å²) in [6.07, 6.45) is 4.29. The summed E-state index contributed by atoms with van der Waals surface area (Å²) in [5.41, 5.74) is 1.05. The van der Waals surface area contributed by atoms with E-state index in [1.807, 2.05) is 13.0 Å². The van der Waals surface area contributed by atoms with Gasteiger partial charge in [0, 0.05) is 17.2 Å². The maximum atomic E-state index is 13.0. The smallest absolute Gasteiger partial charge is 0.201 e. The highest BCUT2D eigenvalue weighted by Crippen LogP contribution is 2.39. The Morgan fingerprint density at radius 2 is 1.61 bits per heavy atom. The van der Waals surface area contributed by atoms with Crippen LogP contribution in [0.5, 0.6) is 17.2 Å². The van der Waals surface area contributed by atoms with Crippen LogP contribution in [0, 0.1) is 6.92 Å². The Morgan fingerprint density at radius 1 is 1.00 bits per heavy atom. The molecule has 0 aliphatic heterocycles. The zero-order valence-electron chi connectivity index (χ0n) is 18.3. The number of carbonyl (C=O) groups is 2. The van der Waals surface area contributed by atoms with E-state index in [9.17, 15) is 24.9 Å². The molecule has 0 fully saturated rings. The summed E-state index contributed by atoms with van der Waals surface area (Å²) in [6.45, 7) is 7.51. The minimum atomic E-state index is -0.685. The number of rotatable bonds is 7. The van der Waals surface area contributed by atoms with E-state index in [-0.39, 0.29) is 46.1 Å². The Hall–Kier alpha value is -3.12. The van der Waals surface area contributed by atoms with Gasteiger partial charge in [0.1, 0.15) is 23.9 Å². The van der Waals surface area contributed by atoms with Crippen LogP contribution >= 0.6 is 0 Å². The summed E-state index contributed by atoms with van der Waals surface area (Å²) in [6, 6.07) is 5.73. The highest BCUT2D eigenvalue weighted by atomic mass is 16.5. The van der Waals surface area contributed by atoms with Crippen molar-refractivity contribution in [2.45, 2.75) is 52.6 Å². The highest BCUT2D eigenvalue weighted by molar-refractivity contribution is 6.30. The largest absolute Gasteiger partial charge is 0.507 e. The number of aromatic hydroxyl groups is 2. The number of ketones is 2. The van der Waals surface area contributed by atoms with Crippen LogP contribution in [0.15, 0.2) is 35.9 Å². The highest BCUT2D eigenvalue weighted by Gasteiger charge is 2.35. The summed E-state index contributed by atoms with van der Waals surface area (Å²) >= 11 is 0. The lowest BCUT2D eigenvalue weighted by Gasteiger charge is -2.20. The van der Waals surface area contributed by atoms with Crippen molar-refractivity contribution in [3.8, 4) is 17.2 Å². The molecule has 0 saturated carbocycles. The Balaban J connectivity index is 1.78. The summed E-state index contributed by atoms with van der Waals surface area (Å²) < 4.78 is 5.69. The van der Waals surface area contributed by atoms with Gasteiger partial charge in [0.05, 0.1) is 16.7 Å². The quantitative estimate of drug-likeness (QED) is 0.484. The zero-order valence-corrected chi connectivity index (χ0v) is 18.3. The fourth-order valence-electron chi connectivity index (χ4n) is 3.74. The fraction of sp³-hybridized carbons (Fsp3) is 0.360. The van der Waals surface area contributed by atoms with Crippen LogP contribution in [0.4, 0.5) is 0 Å². The minimum Gasteiger partial charge on any atom is -0.507 e. The van der Waals surface area contributed by atoms with E-state index in [0.717, 1.165) is 18.4 Å². The molecule has 3 N–H and O–H groups in total. The third-order valence-electron chi connectivity index (χ3n) is 5.34. The average molecular weight is 424 g/mol. The van der Waals surface area contributed by atoms with Gasteiger partial charge in [0.25, 0.3) is 0 Å². The Morgan fingerprint density at radius 3 is 2.26 bits per heavy atom. The van der Waals surface area contributed by atoms with Crippen LogP contribution in [0.1, 0.15) is 77.4 Å². The maximum Gasteiger partial charge on any atom is 0.201 e. The molecule has 0 amide bonds. The van der Waals surface area contributed by atoms with Crippen LogP contribution in [-0.4, -0.2) is 39.1 Å². The molecule has 6 heteroatoms. The number of aryl methyl sites for hydroxylation is 1. The van der Waals surface area contributed by atoms with Crippen molar-refractivity contribution >= 4 is 11.6 Å². The summed E-state index contributed by atoms with van der Waals surface area (Å²) in [4.78, 5) is 25.8. The van der Waals surface area contributed by atoms with Gasteiger partial charge in [-0.2, -0.15) is 0 Å². The van der Waals surface area contributed by atoms with Crippen LogP contribution < -0.4 is 4.74 Å². The molecule has 1 aliphatic carbocycles. The molecule has 164 valence electrons. The molecular weight excluding hydrogens is 396 g/mol. The predicted octanol–water partition coefficient (Wildman–Crippen LogP) is 4.45. The van der Waals surface area contributed by atoms with Crippen molar-refractivity contribution in [3.63, 3.8) is 0 Å². The van der Waals surface area contributed by atoms with Crippen LogP contribution in [0.2, 0.25) is 0 Å². The number of phenols is 2. The van der Waals surface area contributed by atoms with Crippen LogP contribution in [0.25, 0.3) is 0 Å². The number of hydrogen-bond donors (Lipinski definition) is 3. The van der Waals surface area contributed by atoms with E-state index < -0.39 is 17.2 Å². The SMILES string of the molecule is CC(=CCOc1cc(O)c2c(c1)C(=O)c1cc(C)cc(O)c1C2=O)CCCC(C)(C)O. The van der Waals surface area contributed by atoms with Crippen LogP contribution in [-0.2, 0) is 0 Å². The van der Waals surface area contributed by atoms with E-state index in [1.54, 1.807) is 26.8 Å². The maximum absolute atomic E-state index is 13.0. The molecule has 3 rings (SSSR count). The topological polar surface area (TPSA) is 104 Å². The van der Waals surface area contributed by atoms with Gasteiger partial charge in [-0.05, 0) is 76.8 Å². The molecular formula is C25H28O6. The molecule has 1 aliphatic rings. The van der Waals surface area contributed by atoms with Crippen molar-refractivity contribution in [1.29, 1.82) is 0 Å². The van der Waals surface area contributed by atoms with Gasteiger partial charge < -0.3 is 20.1 Å². The molecule has 0 heterocycles. The lowest BCUT2D eigenvalue weighted by atomic mass is 9.82. The second-order valence-electron chi connectivity index (χ2n) is 8.76. The van der Waals surface area contributed by atoms with Crippen molar-refractivity contribution in [2.24, 2.45) is 0 Å². The molecule has 0 bridgehead atoms. The van der Waals surface area contributed by atoms with Gasteiger partial charge >= 0.3 is 0 Å². The minimum absolute atomic E-state index is 0.0587. The first kappa shape index (κ1) is 22.6. The van der Waals surface area contributed by atoms with E-state index >= 15 is 0 Å². The molecule has 2 aromatic rings. The summed E-state index contributed by atoms with van der Waals surface area (Å²) in [5, 5.41) is 30.4. The second kappa shape index (κ2) is 8.55.